The molecule has 7 nitrogen and oxygen atoms in total. The molecule has 7 heteroatoms. The van der Waals surface area contributed by atoms with Crippen molar-refractivity contribution in [1.82, 2.24) is 19.6 Å². The van der Waals surface area contributed by atoms with E-state index in [9.17, 15) is 9.59 Å². The molecule has 2 aromatic carbocycles. The zero-order valence-electron chi connectivity index (χ0n) is 16.7. The van der Waals surface area contributed by atoms with Gasteiger partial charge in [-0.25, -0.2) is 0 Å². The first-order valence-corrected chi connectivity index (χ1v) is 10.1. The summed E-state index contributed by atoms with van der Waals surface area (Å²) in [6.45, 7) is 2.81. The molecule has 154 valence electrons. The number of hydrogen-bond acceptors (Lipinski definition) is 4. The molecule has 1 fully saturated rings. The minimum atomic E-state index is -0.478. The van der Waals surface area contributed by atoms with E-state index in [1.165, 1.54) is 0 Å². The number of aromatic nitrogens is 2. The molecule has 30 heavy (non-hydrogen) atoms. The van der Waals surface area contributed by atoms with E-state index < -0.39 is 6.04 Å². The van der Waals surface area contributed by atoms with Crippen LogP contribution in [0.15, 0.2) is 79.1 Å². The van der Waals surface area contributed by atoms with Crippen LogP contribution in [0.25, 0.3) is 0 Å². The van der Waals surface area contributed by atoms with Crippen molar-refractivity contribution in [3.8, 4) is 0 Å². The first kappa shape index (κ1) is 19.8. The molecule has 0 saturated carbocycles. The molecule has 3 aromatic rings. The Morgan fingerprint density at radius 1 is 0.900 bits per heavy atom. The van der Waals surface area contributed by atoms with Crippen molar-refractivity contribution in [2.45, 2.75) is 6.04 Å². The molecule has 4 rings (SSSR count). The molecule has 1 aliphatic rings. The number of piperazine rings is 1. The van der Waals surface area contributed by atoms with Gasteiger partial charge in [-0.3, -0.25) is 19.2 Å². The van der Waals surface area contributed by atoms with Crippen LogP contribution in [0.3, 0.4) is 0 Å². The summed E-state index contributed by atoms with van der Waals surface area (Å²) in [4.78, 5) is 29.6. The third kappa shape index (κ3) is 4.75. The summed E-state index contributed by atoms with van der Waals surface area (Å²) in [5, 5.41) is 7.22. The fourth-order valence-corrected chi connectivity index (χ4v) is 3.70. The zero-order chi connectivity index (χ0) is 20.8. The Kier molecular flexibility index (Phi) is 6.20. The Morgan fingerprint density at radius 2 is 1.57 bits per heavy atom. The van der Waals surface area contributed by atoms with Crippen LogP contribution in [0.2, 0.25) is 0 Å². The van der Waals surface area contributed by atoms with Crippen molar-refractivity contribution in [1.29, 1.82) is 0 Å². The molecule has 1 aliphatic heterocycles. The van der Waals surface area contributed by atoms with Crippen LogP contribution >= 0.6 is 0 Å². The van der Waals surface area contributed by atoms with Crippen LogP contribution in [-0.4, -0.2) is 64.1 Å². The summed E-state index contributed by atoms with van der Waals surface area (Å²) in [5.41, 5.74) is 1.71. The van der Waals surface area contributed by atoms with E-state index in [1.807, 2.05) is 77.8 Å². The van der Waals surface area contributed by atoms with E-state index >= 15 is 0 Å². The number of hydrogen-bond donors (Lipinski definition) is 1. The molecule has 2 heterocycles. The van der Waals surface area contributed by atoms with E-state index in [0.29, 0.717) is 32.7 Å². The number of para-hydroxylation sites is 1. The minimum absolute atomic E-state index is 0.0262. The van der Waals surface area contributed by atoms with Gasteiger partial charge in [-0.15, -0.1) is 0 Å². The molecule has 2 amide bonds. The number of nitrogens with zero attached hydrogens (tertiary/aromatic N) is 4. The highest BCUT2D eigenvalue weighted by Crippen LogP contribution is 2.21. The van der Waals surface area contributed by atoms with Gasteiger partial charge in [-0.2, -0.15) is 5.10 Å². The van der Waals surface area contributed by atoms with Gasteiger partial charge in [0.05, 0.1) is 6.54 Å². The fourth-order valence-electron chi connectivity index (χ4n) is 3.70. The van der Waals surface area contributed by atoms with Gasteiger partial charge in [0.2, 0.25) is 5.91 Å². The highest BCUT2D eigenvalue weighted by molar-refractivity contribution is 5.92. The summed E-state index contributed by atoms with van der Waals surface area (Å²) in [7, 11) is 0. The third-order valence-corrected chi connectivity index (χ3v) is 5.25. The van der Waals surface area contributed by atoms with Crippen molar-refractivity contribution >= 4 is 17.5 Å². The Bertz CT molecular complexity index is 952. The number of rotatable bonds is 6. The SMILES string of the molecule is O=C(CN1CCN(C(=O)C(c2ccccc2)n2cccn2)CC1)Nc1ccccc1. The molecule has 1 aromatic heterocycles. The second-order valence-electron chi connectivity index (χ2n) is 7.31. The van der Waals surface area contributed by atoms with Crippen molar-refractivity contribution in [2.75, 3.05) is 38.0 Å². The molecule has 1 N–H and O–H groups in total. The number of benzene rings is 2. The number of amides is 2. The van der Waals surface area contributed by atoms with Gasteiger partial charge in [0.25, 0.3) is 5.91 Å². The average Bonchev–Trinajstić information content (AvgIpc) is 3.30. The van der Waals surface area contributed by atoms with Crippen LogP contribution in [0.4, 0.5) is 5.69 Å². The largest absolute Gasteiger partial charge is 0.338 e. The van der Waals surface area contributed by atoms with E-state index in [0.717, 1.165) is 11.3 Å². The lowest BCUT2D eigenvalue weighted by atomic mass is 10.1. The molecular formula is C23H25N5O2. The van der Waals surface area contributed by atoms with Crippen LogP contribution in [0.5, 0.6) is 0 Å². The zero-order valence-corrected chi connectivity index (χ0v) is 16.7. The van der Waals surface area contributed by atoms with Gasteiger partial charge < -0.3 is 10.2 Å². The molecule has 0 aliphatic carbocycles. The molecule has 1 saturated heterocycles. The molecule has 0 spiro atoms. The fraction of sp³-hybridized carbons (Fsp3) is 0.261. The lowest BCUT2D eigenvalue weighted by molar-refractivity contribution is -0.135. The smallest absolute Gasteiger partial charge is 0.252 e. The van der Waals surface area contributed by atoms with Crippen molar-refractivity contribution in [3.05, 3.63) is 84.7 Å². The van der Waals surface area contributed by atoms with Crippen molar-refractivity contribution in [2.24, 2.45) is 0 Å². The summed E-state index contributed by atoms with van der Waals surface area (Å²) >= 11 is 0. The lowest BCUT2D eigenvalue weighted by Gasteiger charge is -2.36. The predicted molar refractivity (Wildman–Crippen MR) is 115 cm³/mol. The quantitative estimate of drug-likeness (QED) is 0.685. The van der Waals surface area contributed by atoms with Gasteiger partial charge in [0, 0.05) is 44.3 Å². The first-order chi connectivity index (χ1) is 14.7. The van der Waals surface area contributed by atoms with Crippen LogP contribution in [0.1, 0.15) is 11.6 Å². The Morgan fingerprint density at radius 3 is 2.20 bits per heavy atom. The maximum atomic E-state index is 13.3. The second kappa shape index (κ2) is 9.37. The summed E-state index contributed by atoms with van der Waals surface area (Å²) in [6.07, 6.45) is 3.51. The molecule has 1 unspecified atom stereocenters. The van der Waals surface area contributed by atoms with Crippen LogP contribution in [0, 0.1) is 0 Å². The molecule has 0 bridgehead atoms. The van der Waals surface area contributed by atoms with Crippen molar-refractivity contribution < 1.29 is 9.59 Å². The van der Waals surface area contributed by atoms with E-state index in [1.54, 1.807) is 10.9 Å². The second-order valence-corrected chi connectivity index (χ2v) is 7.31. The topological polar surface area (TPSA) is 70.5 Å². The number of anilines is 1. The third-order valence-electron chi connectivity index (χ3n) is 5.25. The van der Waals surface area contributed by atoms with Crippen LogP contribution in [-0.2, 0) is 9.59 Å². The van der Waals surface area contributed by atoms with E-state index in [-0.39, 0.29) is 11.8 Å². The number of carbonyl (C=O) groups excluding carboxylic acids is 2. The van der Waals surface area contributed by atoms with Crippen molar-refractivity contribution in [3.63, 3.8) is 0 Å². The van der Waals surface area contributed by atoms with Gasteiger partial charge >= 0.3 is 0 Å². The highest BCUT2D eigenvalue weighted by atomic mass is 16.2. The Balaban J connectivity index is 1.36. The van der Waals surface area contributed by atoms with Gasteiger partial charge in [0.15, 0.2) is 6.04 Å². The lowest BCUT2D eigenvalue weighted by Crippen LogP contribution is -2.52. The highest BCUT2D eigenvalue weighted by Gasteiger charge is 2.30. The number of nitrogens with one attached hydrogen (secondary N) is 1. The van der Waals surface area contributed by atoms with Gasteiger partial charge in [0.1, 0.15) is 0 Å². The number of carbonyl (C=O) groups is 2. The van der Waals surface area contributed by atoms with Crippen LogP contribution < -0.4 is 5.32 Å². The Labute approximate surface area is 175 Å². The van der Waals surface area contributed by atoms with E-state index in [4.69, 9.17) is 0 Å². The minimum Gasteiger partial charge on any atom is -0.338 e. The van der Waals surface area contributed by atoms with Gasteiger partial charge in [-0.1, -0.05) is 48.5 Å². The van der Waals surface area contributed by atoms with Gasteiger partial charge in [-0.05, 0) is 23.8 Å². The molecular weight excluding hydrogens is 378 g/mol. The monoisotopic (exact) mass is 403 g/mol. The van der Waals surface area contributed by atoms with E-state index in [2.05, 4.69) is 15.3 Å². The maximum Gasteiger partial charge on any atom is 0.252 e. The summed E-state index contributed by atoms with van der Waals surface area (Å²) in [6, 6.07) is 20.5. The predicted octanol–water partition coefficient (Wildman–Crippen LogP) is 2.26. The molecule has 0 radical (unpaired) electrons. The maximum absolute atomic E-state index is 13.3. The first-order valence-electron chi connectivity index (χ1n) is 10.1. The summed E-state index contributed by atoms with van der Waals surface area (Å²) < 4.78 is 1.71. The Hall–Kier alpha value is -3.45. The normalized spacial score (nSPS) is 15.5. The molecule has 1 atom stereocenters. The average molecular weight is 403 g/mol. The standard InChI is InChI=1S/C23H25N5O2/c29-21(25-20-10-5-2-6-11-20)18-26-14-16-27(17-15-26)23(30)22(28-13-7-12-24-28)19-8-3-1-4-9-19/h1-13,22H,14-18H2,(H,25,29). The summed E-state index contributed by atoms with van der Waals surface area (Å²) in [5.74, 6) is -0.0158.